The van der Waals surface area contributed by atoms with Gasteiger partial charge in [0, 0.05) is 24.5 Å². The molecule has 0 saturated carbocycles. The molecule has 17 heavy (non-hydrogen) atoms. The zero-order valence-electron chi connectivity index (χ0n) is 11.0. The Kier molecular flexibility index (Phi) is 3.68. The van der Waals surface area contributed by atoms with Crippen LogP contribution in [0.1, 0.15) is 30.9 Å². The molecule has 2 rings (SSSR count). The maximum Gasteiger partial charge on any atom is 0.0219 e. The van der Waals surface area contributed by atoms with Crippen molar-refractivity contribution in [2.75, 3.05) is 0 Å². The van der Waals surface area contributed by atoms with Crippen molar-refractivity contribution in [3.05, 3.63) is 47.8 Å². The first-order valence-corrected chi connectivity index (χ1v) is 6.44. The minimum atomic E-state index is 1.13. The lowest BCUT2D eigenvalue weighted by molar-refractivity contribution is 0.634. The lowest BCUT2D eigenvalue weighted by atomic mass is 10.0. The number of benzene rings is 1. The van der Waals surface area contributed by atoms with E-state index in [9.17, 15) is 0 Å². The van der Waals surface area contributed by atoms with Gasteiger partial charge in [-0.05, 0) is 31.4 Å². The predicted octanol–water partition coefficient (Wildman–Crippen LogP) is 4.57. The molecular formula is C16H21N. The van der Waals surface area contributed by atoms with Gasteiger partial charge in [0.1, 0.15) is 0 Å². The highest BCUT2D eigenvalue weighted by molar-refractivity contribution is 5.66. The molecule has 0 unspecified atom stereocenters. The summed E-state index contributed by atoms with van der Waals surface area (Å²) in [6.45, 7) is 7.68. The summed E-state index contributed by atoms with van der Waals surface area (Å²) < 4.78 is 2.31. The van der Waals surface area contributed by atoms with E-state index in [2.05, 4.69) is 62.0 Å². The Morgan fingerprint density at radius 3 is 2.35 bits per heavy atom. The molecule has 0 fully saturated rings. The van der Waals surface area contributed by atoms with Gasteiger partial charge in [-0.15, -0.1) is 0 Å². The van der Waals surface area contributed by atoms with E-state index >= 15 is 0 Å². The molecule has 0 bridgehead atoms. The van der Waals surface area contributed by atoms with E-state index in [-0.39, 0.29) is 0 Å². The number of rotatable bonds is 4. The standard InChI is InChI=1S/C16H21N/c1-4-5-10-17-11-14(3)16(12-17)15-8-6-13(2)7-9-15/h6-9,11-12H,4-5,10H2,1-3H3. The Bertz CT molecular complexity index is 477. The summed E-state index contributed by atoms with van der Waals surface area (Å²) in [7, 11) is 0. The molecule has 1 aromatic heterocycles. The van der Waals surface area contributed by atoms with E-state index in [0.717, 1.165) is 6.54 Å². The molecule has 90 valence electrons. The third kappa shape index (κ3) is 2.79. The van der Waals surface area contributed by atoms with Crippen LogP contribution in [-0.2, 0) is 6.54 Å². The van der Waals surface area contributed by atoms with Crippen LogP contribution in [0, 0.1) is 13.8 Å². The molecule has 2 aromatic rings. The van der Waals surface area contributed by atoms with Crippen molar-refractivity contribution >= 4 is 0 Å². The molecule has 0 spiro atoms. The third-order valence-electron chi connectivity index (χ3n) is 3.21. The van der Waals surface area contributed by atoms with Crippen molar-refractivity contribution < 1.29 is 0 Å². The van der Waals surface area contributed by atoms with Crippen molar-refractivity contribution in [2.45, 2.75) is 40.2 Å². The second-order valence-corrected chi connectivity index (χ2v) is 4.81. The van der Waals surface area contributed by atoms with Crippen molar-refractivity contribution in [3.63, 3.8) is 0 Å². The Labute approximate surface area is 104 Å². The average molecular weight is 227 g/mol. The highest BCUT2D eigenvalue weighted by Crippen LogP contribution is 2.24. The number of unbranched alkanes of at least 4 members (excludes halogenated alkanes) is 1. The topological polar surface area (TPSA) is 4.93 Å². The molecule has 1 nitrogen and oxygen atoms in total. The zero-order valence-corrected chi connectivity index (χ0v) is 11.0. The van der Waals surface area contributed by atoms with Gasteiger partial charge in [-0.2, -0.15) is 0 Å². The Hall–Kier alpha value is -1.50. The molecule has 0 amide bonds. The Morgan fingerprint density at radius 2 is 1.71 bits per heavy atom. The minimum absolute atomic E-state index is 1.13. The fourth-order valence-electron chi connectivity index (χ4n) is 2.13. The number of aryl methyl sites for hydroxylation is 3. The molecule has 0 aliphatic heterocycles. The molecular weight excluding hydrogens is 206 g/mol. The monoisotopic (exact) mass is 227 g/mol. The number of hydrogen-bond acceptors (Lipinski definition) is 0. The van der Waals surface area contributed by atoms with Crippen LogP contribution in [0.3, 0.4) is 0 Å². The smallest absolute Gasteiger partial charge is 0.0219 e. The summed E-state index contributed by atoms with van der Waals surface area (Å²) in [5.74, 6) is 0. The Morgan fingerprint density at radius 1 is 1.00 bits per heavy atom. The van der Waals surface area contributed by atoms with Gasteiger partial charge < -0.3 is 4.57 Å². The fraction of sp³-hybridized carbons (Fsp3) is 0.375. The highest BCUT2D eigenvalue weighted by Gasteiger charge is 2.04. The van der Waals surface area contributed by atoms with Gasteiger partial charge in [-0.25, -0.2) is 0 Å². The van der Waals surface area contributed by atoms with Gasteiger partial charge in [0.25, 0.3) is 0 Å². The van der Waals surface area contributed by atoms with Gasteiger partial charge in [-0.1, -0.05) is 43.2 Å². The SMILES string of the molecule is CCCCn1cc(C)c(-c2ccc(C)cc2)c1. The average Bonchev–Trinajstić information content (AvgIpc) is 2.69. The largest absolute Gasteiger partial charge is 0.353 e. The quantitative estimate of drug-likeness (QED) is 0.721. The van der Waals surface area contributed by atoms with Crippen LogP contribution < -0.4 is 0 Å². The molecule has 1 heterocycles. The molecule has 0 saturated heterocycles. The van der Waals surface area contributed by atoms with Crippen LogP contribution in [-0.4, -0.2) is 4.57 Å². The number of aromatic nitrogens is 1. The molecule has 0 aliphatic carbocycles. The van der Waals surface area contributed by atoms with E-state index in [1.807, 2.05) is 0 Å². The van der Waals surface area contributed by atoms with Crippen molar-refractivity contribution in [2.24, 2.45) is 0 Å². The van der Waals surface area contributed by atoms with Gasteiger partial charge >= 0.3 is 0 Å². The lowest BCUT2D eigenvalue weighted by Gasteiger charge is -2.01. The van der Waals surface area contributed by atoms with Gasteiger partial charge in [0.05, 0.1) is 0 Å². The summed E-state index contributed by atoms with van der Waals surface area (Å²) in [4.78, 5) is 0. The highest BCUT2D eigenvalue weighted by atomic mass is 14.9. The van der Waals surface area contributed by atoms with Crippen molar-refractivity contribution in [3.8, 4) is 11.1 Å². The second kappa shape index (κ2) is 5.22. The Balaban J connectivity index is 2.26. The van der Waals surface area contributed by atoms with E-state index in [1.54, 1.807) is 0 Å². The first-order chi connectivity index (χ1) is 8.20. The number of hydrogen-bond donors (Lipinski definition) is 0. The van der Waals surface area contributed by atoms with E-state index in [0.29, 0.717) is 0 Å². The van der Waals surface area contributed by atoms with Crippen LogP contribution in [0.4, 0.5) is 0 Å². The van der Waals surface area contributed by atoms with E-state index in [4.69, 9.17) is 0 Å². The van der Waals surface area contributed by atoms with Gasteiger partial charge in [-0.3, -0.25) is 0 Å². The van der Waals surface area contributed by atoms with Crippen molar-refractivity contribution in [1.82, 2.24) is 4.57 Å². The third-order valence-corrected chi connectivity index (χ3v) is 3.21. The minimum Gasteiger partial charge on any atom is -0.353 e. The summed E-state index contributed by atoms with van der Waals surface area (Å²) in [5, 5.41) is 0. The fourth-order valence-corrected chi connectivity index (χ4v) is 2.13. The van der Waals surface area contributed by atoms with Gasteiger partial charge in [0.15, 0.2) is 0 Å². The maximum atomic E-state index is 2.31. The first kappa shape index (κ1) is 12.0. The van der Waals surface area contributed by atoms with Crippen LogP contribution in [0.2, 0.25) is 0 Å². The van der Waals surface area contributed by atoms with E-state index < -0.39 is 0 Å². The molecule has 1 heteroatoms. The van der Waals surface area contributed by atoms with Crippen LogP contribution in [0.5, 0.6) is 0 Å². The number of nitrogens with zero attached hydrogens (tertiary/aromatic N) is 1. The second-order valence-electron chi connectivity index (χ2n) is 4.81. The van der Waals surface area contributed by atoms with Crippen LogP contribution >= 0.6 is 0 Å². The zero-order chi connectivity index (χ0) is 12.3. The van der Waals surface area contributed by atoms with Crippen molar-refractivity contribution in [1.29, 1.82) is 0 Å². The summed E-state index contributed by atoms with van der Waals surface area (Å²) in [6, 6.07) is 8.78. The summed E-state index contributed by atoms with van der Waals surface area (Å²) >= 11 is 0. The van der Waals surface area contributed by atoms with E-state index in [1.165, 1.54) is 35.1 Å². The predicted molar refractivity (Wildman–Crippen MR) is 74.3 cm³/mol. The van der Waals surface area contributed by atoms with Gasteiger partial charge in [0.2, 0.25) is 0 Å². The maximum absolute atomic E-state index is 2.31. The summed E-state index contributed by atoms with van der Waals surface area (Å²) in [6.07, 6.45) is 7.03. The normalized spacial score (nSPS) is 10.8. The first-order valence-electron chi connectivity index (χ1n) is 6.44. The molecule has 0 atom stereocenters. The van der Waals surface area contributed by atoms with Crippen LogP contribution in [0.25, 0.3) is 11.1 Å². The lowest BCUT2D eigenvalue weighted by Crippen LogP contribution is -1.92. The molecule has 0 aliphatic rings. The molecule has 0 radical (unpaired) electrons. The molecule has 0 N–H and O–H groups in total. The van der Waals surface area contributed by atoms with Crippen LogP contribution in [0.15, 0.2) is 36.7 Å². The summed E-state index contributed by atoms with van der Waals surface area (Å²) in [5.41, 5.74) is 5.37. The molecule has 1 aromatic carbocycles.